The first-order valence-electron chi connectivity index (χ1n) is 10.1. The van der Waals surface area contributed by atoms with Gasteiger partial charge in [0.05, 0.1) is 12.2 Å². The lowest BCUT2D eigenvalue weighted by atomic mass is 10.0. The molecule has 1 unspecified atom stereocenters. The van der Waals surface area contributed by atoms with E-state index in [9.17, 15) is 9.59 Å². The Kier molecular flexibility index (Phi) is 7.43. The lowest BCUT2D eigenvalue weighted by Gasteiger charge is -2.24. The Morgan fingerprint density at radius 3 is 2.23 bits per heavy atom. The number of hydrogen-bond acceptors (Lipinski definition) is 5. The van der Waals surface area contributed by atoms with Gasteiger partial charge in [-0.15, -0.1) is 0 Å². The standard InChI is InChI=1S/C24H27N3O4/c1-17-21(18(2)31-26-17)15-27(3)23(28)22(14-19-10-6-4-7-11-19)25-24(29)30-16-20-12-8-5-9-13-20/h4-13,22H,14-16H2,1-3H3,(H,25,29). The molecule has 1 heterocycles. The van der Waals surface area contributed by atoms with Crippen molar-refractivity contribution in [3.63, 3.8) is 0 Å². The minimum absolute atomic E-state index is 0.133. The molecule has 0 aliphatic carbocycles. The van der Waals surface area contributed by atoms with Crippen LogP contribution >= 0.6 is 0 Å². The number of hydrogen-bond donors (Lipinski definition) is 1. The van der Waals surface area contributed by atoms with E-state index in [1.807, 2.05) is 74.5 Å². The highest BCUT2D eigenvalue weighted by molar-refractivity contribution is 5.85. The number of benzene rings is 2. The average Bonchev–Trinajstić information content (AvgIpc) is 3.10. The van der Waals surface area contributed by atoms with Crippen LogP contribution in [0.3, 0.4) is 0 Å². The highest BCUT2D eigenvalue weighted by atomic mass is 16.5. The molecule has 0 aliphatic rings. The molecule has 162 valence electrons. The lowest BCUT2D eigenvalue weighted by molar-refractivity contribution is -0.132. The molecule has 7 nitrogen and oxygen atoms in total. The summed E-state index contributed by atoms with van der Waals surface area (Å²) in [5.41, 5.74) is 3.42. The molecule has 1 N–H and O–H groups in total. The second-order valence-electron chi connectivity index (χ2n) is 7.45. The van der Waals surface area contributed by atoms with Gasteiger partial charge in [0.1, 0.15) is 18.4 Å². The van der Waals surface area contributed by atoms with E-state index in [1.54, 1.807) is 11.9 Å². The first-order chi connectivity index (χ1) is 14.9. The minimum atomic E-state index is -0.767. The number of alkyl carbamates (subject to hydrolysis) is 1. The number of rotatable bonds is 8. The Labute approximate surface area is 182 Å². The van der Waals surface area contributed by atoms with Gasteiger partial charge in [0.15, 0.2) is 0 Å². The first kappa shape index (κ1) is 22.1. The van der Waals surface area contributed by atoms with Gasteiger partial charge in [0, 0.05) is 19.0 Å². The molecule has 3 aromatic rings. The molecule has 3 rings (SSSR count). The topological polar surface area (TPSA) is 84.7 Å². The maximum atomic E-state index is 13.2. The van der Waals surface area contributed by atoms with Gasteiger partial charge in [0.2, 0.25) is 5.91 Å². The van der Waals surface area contributed by atoms with E-state index in [0.29, 0.717) is 18.7 Å². The molecule has 2 amide bonds. The number of ether oxygens (including phenoxy) is 1. The summed E-state index contributed by atoms with van der Waals surface area (Å²) in [7, 11) is 1.70. The van der Waals surface area contributed by atoms with E-state index < -0.39 is 12.1 Å². The van der Waals surface area contributed by atoms with Crippen LogP contribution in [0.4, 0.5) is 4.79 Å². The molecule has 31 heavy (non-hydrogen) atoms. The van der Waals surface area contributed by atoms with Crippen LogP contribution in [0.1, 0.15) is 28.1 Å². The summed E-state index contributed by atoms with van der Waals surface area (Å²) in [6, 6.07) is 18.2. The molecule has 0 bridgehead atoms. The Morgan fingerprint density at radius 1 is 1.03 bits per heavy atom. The number of nitrogens with zero attached hydrogens (tertiary/aromatic N) is 2. The quantitative estimate of drug-likeness (QED) is 0.598. The fourth-order valence-electron chi connectivity index (χ4n) is 3.27. The van der Waals surface area contributed by atoms with Crippen molar-refractivity contribution in [2.45, 2.75) is 39.5 Å². The smallest absolute Gasteiger partial charge is 0.408 e. The summed E-state index contributed by atoms with van der Waals surface area (Å²) in [5.74, 6) is 0.451. The van der Waals surface area contributed by atoms with Crippen molar-refractivity contribution in [3.8, 4) is 0 Å². The van der Waals surface area contributed by atoms with Crippen LogP contribution in [0.2, 0.25) is 0 Å². The molecule has 0 spiro atoms. The van der Waals surface area contributed by atoms with E-state index in [0.717, 1.165) is 22.4 Å². The van der Waals surface area contributed by atoms with E-state index in [2.05, 4.69) is 10.5 Å². The van der Waals surface area contributed by atoms with E-state index >= 15 is 0 Å². The number of likely N-dealkylation sites (N-methyl/N-ethyl adjacent to an activating group) is 1. The Balaban J connectivity index is 1.69. The van der Waals surface area contributed by atoms with Crippen LogP contribution in [0.25, 0.3) is 0 Å². The zero-order valence-corrected chi connectivity index (χ0v) is 18.0. The molecule has 7 heteroatoms. The van der Waals surface area contributed by atoms with E-state index in [-0.39, 0.29) is 12.5 Å². The van der Waals surface area contributed by atoms with E-state index in [1.165, 1.54) is 0 Å². The number of carbonyl (C=O) groups excluding carboxylic acids is 2. The molecular formula is C24H27N3O4. The van der Waals surface area contributed by atoms with Crippen LogP contribution in [-0.2, 0) is 29.1 Å². The summed E-state index contributed by atoms with van der Waals surface area (Å²) in [5, 5.41) is 6.67. The second-order valence-corrected chi connectivity index (χ2v) is 7.45. The number of aryl methyl sites for hydroxylation is 2. The van der Waals surface area contributed by atoms with Crippen molar-refractivity contribution in [2.75, 3.05) is 7.05 Å². The fourth-order valence-corrected chi connectivity index (χ4v) is 3.27. The summed E-state index contributed by atoms with van der Waals surface area (Å²) in [4.78, 5) is 27.2. The zero-order valence-electron chi connectivity index (χ0n) is 18.0. The van der Waals surface area contributed by atoms with Crippen LogP contribution in [0.5, 0.6) is 0 Å². The molecule has 1 atom stereocenters. The number of amides is 2. The van der Waals surface area contributed by atoms with Crippen molar-refractivity contribution in [1.29, 1.82) is 0 Å². The largest absolute Gasteiger partial charge is 0.445 e. The van der Waals surface area contributed by atoms with Crippen molar-refractivity contribution in [2.24, 2.45) is 0 Å². The second kappa shape index (κ2) is 10.4. The molecule has 2 aromatic carbocycles. The maximum Gasteiger partial charge on any atom is 0.408 e. The Bertz CT molecular complexity index is 983. The molecule has 0 saturated carbocycles. The first-order valence-corrected chi connectivity index (χ1v) is 10.1. The number of carbonyl (C=O) groups is 2. The van der Waals surface area contributed by atoms with Crippen molar-refractivity contribution >= 4 is 12.0 Å². The predicted molar refractivity (Wildman–Crippen MR) is 116 cm³/mol. The molecule has 0 saturated heterocycles. The van der Waals surface area contributed by atoms with Gasteiger partial charge < -0.3 is 19.5 Å². The van der Waals surface area contributed by atoms with Crippen molar-refractivity contribution in [3.05, 3.63) is 88.8 Å². The summed E-state index contributed by atoms with van der Waals surface area (Å²) in [6.45, 7) is 4.12. The lowest BCUT2D eigenvalue weighted by Crippen LogP contribution is -2.48. The summed E-state index contributed by atoms with van der Waals surface area (Å²) >= 11 is 0. The van der Waals surface area contributed by atoms with Gasteiger partial charge in [-0.2, -0.15) is 0 Å². The third-order valence-corrected chi connectivity index (χ3v) is 5.04. The predicted octanol–water partition coefficient (Wildman–Crippen LogP) is 3.79. The van der Waals surface area contributed by atoms with Crippen molar-refractivity contribution < 1.29 is 18.8 Å². The van der Waals surface area contributed by atoms with Crippen LogP contribution in [0.15, 0.2) is 65.2 Å². The van der Waals surface area contributed by atoms with Gasteiger partial charge in [-0.1, -0.05) is 65.8 Å². The average molecular weight is 421 g/mol. The summed E-state index contributed by atoms with van der Waals surface area (Å²) in [6.07, 6.45) is -0.282. The monoisotopic (exact) mass is 421 g/mol. The van der Waals surface area contributed by atoms with E-state index in [4.69, 9.17) is 9.26 Å². The number of nitrogens with one attached hydrogen (secondary N) is 1. The SMILES string of the molecule is Cc1noc(C)c1CN(C)C(=O)C(Cc1ccccc1)NC(=O)OCc1ccccc1. The molecule has 0 fully saturated rings. The van der Waals surface area contributed by atoms with Gasteiger partial charge in [-0.25, -0.2) is 4.79 Å². The van der Waals surface area contributed by atoms with Gasteiger partial charge in [-0.05, 0) is 25.0 Å². The highest BCUT2D eigenvalue weighted by Crippen LogP contribution is 2.15. The summed E-state index contributed by atoms with van der Waals surface area (Å²) < 4.78 is 10.5. The Hall–Kier alpha value is -3.61. The van der Waals surface area contributed by atoms with Gasteiger partial charge in [0.25, 0.3) is 0 Å². The molecule has 0 radical (unpaired) electrons. The molecule has 1 aromatic heterocycles. The van der Waals surface area contributed by atoms with Crippen LogP contribution < -0.4 is 5.32 Å². The van der Waals surface area contributed by atoms with Crippen LogP contribution in [-0.4, -0.2) is 35.1 Å². The van der Waals surface area contributed by atoms with Crippen LogP contribution in [0, 0.1) is 13.8 Å². The zero-order chi connectivity index (χ0) is 22.2. The van der Waals surface area contributed by atoms with Crippen molar-refractivity contribution in [1.82, 2.24) is 15.4 Å². The van der Waals surface area contributed by atoms with Gasteiger partial charge in [-0.3, -0.25) is 4.79 Å². The Morgan fingerprint density at radius 2 is 1.65 bits per heavy atom. The third kappa shape index (κ3) is 6.18. The fraction of sp³-hybridized carbons (Fsp3) is 0.292. The number of aromatic nitrogens is 1. The maximum absolute atomic E-state index is 13.2. The molecule has 0 aliphatic heterocycles. The normalized spacial score (nSPS) is 11.6. The minimum Gasteiger partial charge on any atom is -0.445 e. The molecular weight excluding hydrogens is 394 g/mol. The van der Waals surface area contributed by atoms with Gasteiger partial charge >= 0.3 is 6.09 Å². The third-order valence-electron chi connectivity index (χ3n) is 5.04. The highest BCUT2D eigenvalue weighted by Gasteiger charge is 2.26.